The summed E-state index contributed by atoms with van der Waals surface area (Å²) in [5.74, 6) is 0. The first-order valence-electron chi connectivity index (χ1n) is 1.18. The first kappa shape index (κ1) is 5.15. The Morgan fingerprint density at radius 1 is 2.00 bits per heavy atom. The molecule has 0 N–H and O–H groups in total. The van der Waals surface area contributed by atoms with Crippen LogP contribution in [0.2, 0.25) is 0 Å². The zero-order chi connectivity index (χ0) is 4.28. The van der Waals surface area contributed by atoms with Gasteiger partial charge in [0.15, 0.2) is 5.08 Å². The van der Waals surface area contributed by atoms with Crippen molar-refractivity contribution in [1.82, 2.24) is 0 Å². The van der Waals surface area contributed by atoms with Crippen molar-refractivity contribution in [2.45, 2.75) is 5.08 Å². The maximum absolute atomic E-state index is 11.2. The van der Waals surface area contributed by atoms with Gasteiger partial charge in [0.2, 0.25) is 0 Å². The van der Waals surface area contributed by atoms with Crippen LogP contribution in [-0.2, 0) is 0 Å². The molecule has 0 aromatic heterocycles. The van der Waals surface area contributed by atoms with Crippen LogP contribution in [0.1, 0.15) is 0 Å². The summed E-state index contributed by atoms with van der Waals surface area (Å²) in [4.78, 5) is 0. The van der Waals surface area contributed by atoms with Crippen molar-refractivity contribution in [1.29, 1.82) is 0 Å². The summed E-state index contributed by atoms with van der Waals surface area (Å²) in [5, 5.41) is -1.04. The Labute approximate surface area is 38.8 Å². The molecule has 0 heterocycles. The SMILES string of the molecule is C=CC(F)Br. The van der Waals surface area contributed by atoms with Gasteiger partial charge in [0, 0.05) is 0 Å². The monoisotopic (exact) mass is 138 g/mol. The average molecular weight is 139 g/mol. The van der Waals surface area contributed by atoms with Gasteiger partial charge in [-0.2, -0.15) is 0 Å². The maximum Gasteiger partial charge on any atom is 0.172 e. The molecular formula is C3H4BrF. The fourth-order valence-electron chi connectivity index (χ4n) is 0. The number of hydrogen-bond donors (Lipinski definition) is 0. The first-order valence-corrected chi connectivity index (χ1v) is 2.09. The van der Waals surface area contributed by atoms with E-state index in [0.717, 1.165) is 0 Å². The van der Waals surface area contributed by atoms with Gasteiger partial charge in [-0.05, 0) is 22.0 Å². The minimum absolute atomic E-state index is 1.04. The van der Waals surface area contributed by atoms with Crippen molar-refractivity contribution < 1.29 is 4.39 Å². The minimum Gasteiger partial charge on any atom is -0.230 e. The Morgan fingerprint density at radius 2 is 2.20 bits per heavy atom. The maximum atomic E-state index is 11.2. The molecule has 0 spiro atoms. The number of allylic oxidation sites excluding steroid dienone is 1. The lowest BCUT2D eigenvalue weighted by Crippen LogP contribution is -1.70. The molecule has 1 unspecified atom stereocenters. The molecule has 0 nitrogen and oxygen atoms in total. The van der Waals surface area contributed by atoms with E-state index < -0.39 is 5.08 Å². The average Bonchev–Trinajstić information content (AvgIpc) is 1.38. The van der Waals surface area contributed by atoms with Crippen LogP contribution in [0.4, 0.5) is 4.39 Å². The molecule has 1 atom stereocenters. The van der Waals surface area contributed by atoms with E-state index in [0.29, 0.717) is 0 Å². The van der Waals surface area contributed by atoms with Crippen LogP contribution in [-0.4, -0.2) is 5.08 Å². The van der Waals surface area contributed by atoms with Gasteiger partial charge in [-0.1, -0.05) is 6.58 Å². The third-order valence-corrected chi connectivity index (χ3v) is 0.552. The zero-order valence-electron chi connectivity index (χ0n) is 2.62. The van der Waals surface area contributed by atoms with Crippen LogP contribution < -0.4 is 0 Å². The predicted molar refractivity (Wildman–Crippen MR) is 24.0 cm³/mol. The third-order valence-electron chi connectivity index (χ3n) is 0.178. The largest absolute Gasteiger partial charge is 0.230 e. The van der Waals surface area contributed by atoms with E-state index in [-0.39, 0.29) is 0 Å². The highest BCUT2D eigenvalue weighted by Gasteiger charge is 1.82. The zero-order valence-corrected chi connectivity index (χ0v) is 4.20. The van der Waals surface area contributed by atoms with Gasteiger partial charge in [0.05, 0.1) is 0 Å². The molecule has 0 saturated heterocycles. The van der Waals surface area contributed by atoms with Gasteiger partial charge < -0.3 is 0 Å². The Morgan fingerprint density at radius 3 is 2.20 bits per heavy atom. The van der Waals surface area contributed by atoms with Gasteiger partial charge in [0.25, 0.3) is 0 Å². The molecule has 0 aliphatic rings. The Kier molecular flexibility index (Phi) is 2.46. The van der Waals surface area contributed by atoms with Gasteiger partial charge >= 0.3 is 0 Å². The summed E-state index contributed by atoms with van der Waals surface area (Å²) in [6.45, 7) is 3.14. The van der Waals surface area contributed by atoms with Gasteiger partial charge in [0.1, 0.15) is 0 Å². The standard InChI is InChI=1S/C3H4BrF/c1-2-3(4)5/h2-3H,1H2. The lowest BCUT2D eigenvalue weighted by molar-refractivity contribution is 0.530. The fraction of sp³-hybridized carbons (Fsp3) is 0.333. The van der Waals surface area contributed by atoms with E-state index in [1.807, 2.05) is 0 Å². The highest BCUT2D eigenvalue weighted by Crippen LogP contribution is 1.98. The van der Waals surface area contributed by atoms with Gasteiger partial charge in [-0.25, -0.2) is 4.39 Å². The summed E-state index contributed by atoms with van der Waals surface area (Å²) in [7, 11) is 0. The molecular weight excluding hydrogens is 135 g/mol. The van der Waals surface area contributed by atoms with Crippen LogP contribution in [0, 0.1) is 0 Å². The van der Waals surface area contributed by atoms with E-state index in [9.17, 15) is 4.39 Å². The molecule has 30 valence electrons. The Bertz CT molecular complexity index is 33.9. The second-order valence-corrected chi connectivity index (χ2v) is 1.44. The molecule has 2 heteroatoms. The lowest BCUT2D eigenvalue weighted by atomic mass is 10.7. The van der Waals surface area contributed by atoms with Crippen LogP contribution >= 0.6 is 15.9 Å². The van der Waals surface area contributed by atoms with Crippen molar-refractivity contribution in [2.24, 2.45) is 0 Å². The fourth-order valence-corrected chi connectivity index (χ4v) is 0. The molecule has 0 rings (SSSR count). The van der Waals surface area contributed by atoms with Crippen molar-refractivity contribution in [3.63, 3.8) is 0 Å². The summed E-state index contributed by atoms with van der Waals surface area (Å²) in [5.41, 5.74) is 0. The third kappa shape index (κ3) is 4.15. The first-order chi connectivity index (χ1) is 2.27. The molecule has 0 radical (unpaired) electrons. The van der Waals surface area contributed by atoms with E-state index >= 15 is 0 Å². The van der Waals surface area contributed by atoms with E-state index in [4.69, 9.17) is 0 Å². The summed E-state index contributed by atoms with van der Waals surface area (Å²) in [6, 6.07) is 0. The molecule has 0 amide bonds. The van der Waals surface area contributed by atoms with Crippen LogP contribution in [0.15, 0.2) is 12.7 Å². The van der Waals surface area contributed by atoms with Crippen LogP contribution in [0.25, 0.3) is 0 Å². The van der Waals surface area contributed by atoms with Crippen molar-refractivity contribution in [3.05, 3.63) is 12.7 Å². The molecule has 0 bridgehead atoms. The molecule has 0 fully saturated rings. The molecule has 0 aliphatic heterocycles. The number of hydrogen-bond acceptors (Lipinski definition) is 0. The Balaban J connectivity index is 2.83. The Hall–Kier alpha value is 0.150. The summed E-state index contributed by atoms with van der Waals surface area (Å²) in [6.07, 6.45) is 1.17. The summed E-state index contributed by atoms with van der Waals surface area (Å²) >= 11 is 2.59. The van der Waals surface area contributed by atoms with Gasteiger partial charge in [-0.3, -0.25) is 0 Å². The van der Waals surface area contributed by atoms with Crippen LogP contribution in [0.5, 0.6) is 0 Å². The van der Waals surface area contributed by atoms with E-state index in [1.165, 1.54) is 6.08 Å². The normalized spacial score (nSPS) is 14.0. The molecule has 0 aliphatic carbocycles. The number of halogens is 2. The quantitative estimate of drug-likeness (QED) is 0.384. The van der Waals surface area contributed by atoms with E-state index in [2.05, 4.69) is 22.5 Å². The topological polar surface area (TPSA) is 0 Å². The summed E-state index contributed by atoms with van der Waals surface area (Å²) < 4.78 is 11.2. The molecule has 0 aromatic rings. The highest BCUT2D eigenvalue weighted by atomic mass is 79.9. The van der Waals surface area contributed by atoms with E-state index in [1.54, 1.807) is 0 Å². The van der Waals surface area contributed by atoms with Crippen LogP contribution in [0.3, 0.4) is 0 Å². The number of alkyl halides is 2. The number of rotatable bonds is 1. The minimum atomic E-state index is -1.04. The molecule has 5 heavy (non-hydrogen) atoms. The van der Waals surface area contributed by atoms with Crippen molar-refractivity contribution in [3.8, 4) is 0 Å². The van der Waals surface area contributed by atoms with Crippen molar-refractivity contribution in [2.75, 3.05) is 0 Å². The molecule has 0 aromatic carbocycles. The highest BCUT2D eigenvalue weighted by molar-refractivity contribution is 9.09. The van der Waals surface area contributed by atoms with Crippen molar-refractivity contribution >= 4 is 15.9 Å². The molecule has 0 saturated carbocycles. The predicted octanol–water partition coefficient (Wildman–Crippen LogP) is 1.86. The van der Waals surface area contributed by atoms with Gasteiger partial charge in [-0.15, -0.1) is 0 Å². The second kappa shape index (κ2) is 2.39. The smallest absolute Gasteiger partial charge is 0.172 e. The second-order valence-electron chi connectivity index (χ2n) is 0.570. The lowest BCUT2D eigenvalue weighted by Gasteiger charge is -1.76.